The molecule has 1 amide bonds. The van der Waals surface area contributed by atoms with Crippen LogP contribution in [0.4, 0.5) is 5.69 Å². The maximum Gasteiger partial charge on any atom is 0.299 e. The van der Waals surface area contributed by atoms with Gasteiger partial charge in [-0.2, -0.15) is 5.26 Å². The van der Waals surface area contributed by atoms with Crippen LogP contribution in [0.2, 0.25) is 0 Å². The molecule has 5 nitrogen and oxygen atoms in total. The molecule has 0 spiro atoms. The largest absolute Gasteiger partial charge is 0.300 e. The minimum atomic E-state index is -0.593. The molecule has 1 aliphatic rings. The van der Waals surface area contributed by atoms with Crippen LogP contribution < -0.4 is 4.90 Å². The number of amides is 1. The molecule has 6 heteroatoms. The van der Waals surface area contributed by atoms with E-state index in [1.165, 1.54) is 11.1 Å². The molecule has 2 aromatic rings. The third kappa shape index (κ3) is 2.12. The van der Waals surface area contributed by atoms with Crippen LogP contribution in [0.25, 0.3) is 0 Å². The second-order valence-electron chi connectivity index (χ2n) is 4.48. The highest BCUT2D eigenvalue weighted by Crippen LogP contribution is 2.35. The van der Waals surface area contributed by atoms with Gasteiger partial charge in [-0.25, -0.2) is 4.98 Å². The van der Waals surface area contributed by atoms with Gasteiger partial charge in [0.15, 0.2) is 0 Å². The number of carbonyl (C=O) groups excluding carboxylic acids is 2. The van der Waals surface area contributed by atoms with Crippen molar-refractivity contribution >= 4 is 33.3 Å². The topological polar surface area (TPSA) is 74.1 Å². The zero-order valence-electron chi connectivity index (χ0n) is 10.7. The van der Waals surface area contributed by atoms with Crippen molar-refractivity contribution in [2.45, 2.75) is 6.54 Å². The fourth-order valence-electron chi connectivity index (χ4n) is 2.30. The van der Waals surface area contributed by atoms with Crippen molar-refractivity contribution in [3.63, 3.8) is 0 Å². The molecule has 0 unspecified atom stereocenters. The van der Waals surface area contributed by atoms with Gasteiger partial charge in [-0.3, -0.25) is 9.59 Å². The van der Waals surface area contributed by atoms with Crippen LogP contribution >= 0.6 is 15.9 Å². The Kier molecular flexibility index (Phi) is 3.28. The Labute approximate surface area is 129 Å². The summed E-state index contributed by atoms with van der Waals surface area (Å²) in [5, 5.41) is 9.06. The van der Waals surface area contributed by atoms with E-state index in [9.17, 15) is 9.59 Å². The Morgan fingerprint density at radius 2 is 2.05 bits per heavy atom. The number of hydrogen-bond donors (Lipinski definition) is 0. The number of rotatable bonds is 2. The molecule has 0 saturated heterocycles. The molecule has 0 fully saturated rings. The van der Waals surface area contributed by atoms with E-state index in [1.807, 2.05) is 6.07 Å². The summed E-state index contributed by atoms with van der Waals surface area (Å²) in [5.41, 5.74) is 1.77. The molecule has 21 heavy (non-hydrogen) atoms. The SMILES string of the molecule is N#Cc1ncccc1CN1C(=O)C(=O)c2c(Br)cccc21. The van der Waals surface area contributed by atoms with E-state index < -0.39 is 11.7 Å². The highest BCUT2D eigenvalue weighted by molar-refractivity contribution is 9.10. The van der Waals surface area contributed by atoms with Gasteiger partial charge in [0, 0.05) is 16.2 Å². The van der Waals surface area contributed by atoms with Gasteiger partial charge in [0.2, 0.25) is 0 Å². The quantitative estimate of drug-likeness (QED) is 0.786. The normalized spacial score (nSPS) is 13.2. The summed E-state index contributed by atoms with van der Waals surface area (Å²) < 4.78 is 0.590. The fourth-order valence-corrected chi connectivity index (χ4v) is 2.83. The molecule has 0 radical (unpaired) electrons. The van der Waals surface area contributed by atoms with Crippen molar-refractivity contribution in [3.8, 4) is 6.07 Å². The summed E-state index contributed by atoms with van der Waals surface area (Å²) in [6, 6.07) is 10.6. The lowest BCUT2D eigenvalue weighted by molar-refractivity contribution is -0.114. The number of hydrogen-bond acceptors (Lipinski definition) is 4. The van der Waals surface area contributed by atoms with E-state index in [-0.39, 0.29) is 12.2 Å². The van der Waals surface area contributed by atoms with Crippen molar-refractivity contribution in [2.75, 3.05) is 4.90 Å². The zero-order valence-corrected chi connectivity index (χ0v) is 12.3. The van der Waals surface area contributed by atoms with Crippen molar-refractivity contribution in [2.24, 2.45) is 0 Å². The van der Waals surface area contributed by atoms with Crippen LogP contribution in [0.5, 0.6) is 0 Å². The minimum Gasteiger partial charge on any atom is -0.300 e. The molecule has 0 saturated carbocycles. The highest BCUT2D eigenvalue weighted by Gasteiger charge is 2.37. The first kappa shape index (κ1) is 13.5. The molecule has 1 aliphatic heterocycles. The average Bonchev–Trinajstić information content (AvgIpc) is 2.74. The van der Waals surface area contributed by atoms with Crippen molar-refractivity contribution < 1.29 is 9.59 Å². The Hall–Kier alpha value is -2.52. The molecule has 0 bridgehead atoms. The number of carbonyl (C=O) groups is 2. The van der Waals surface area contributed by atoms with Crippen LogP contribution in [0.3, 0.4) is 0 Å². The lowest BCUT2D eigenvalue weighted by atomic mass is 10.1. The van der Waals surface area contributed by atoms with Crippen LogP contribution in [0, 0.1) is 11.3 Å². The molecule has 1 aromatic heterocycles. The van der Waals surface area contributed by atoms with Gasteiger partial charge in [-0.05, 0) is 34.1 Å². The number of pyridine rings is 1. The number of fused-ring (bicyclic) bond motifs is 1. The molecular weight excluding hydrogens is 334 g/mol. The van der Waals surface area contributed by atoms with E-state index in [4.69, 9.17) is 5.26 Å². The van der Waals surface area contributed by atoms with Crippen LogP contribution in [-0.4, -0.2) is 16.7 Å². The minimum absolute atomic E-state index is 0.144. The highest BCUT2D eigenvalue weighted by atomic mass is 79.9. The summed E-state index contributed by atoms with van der Waals surface area (Å²) >= 11 is 3.29. The second-order valence-corrected chi connectivity index (χ2v) is 5.33. The number of Topliss-reactive ketones (excluding diaryl/α,β-unsaturated/α-hetero) is 1. The smallest absolute Gasteiger partial charge is 0.299 e. The predicted octanol–water partition coefficient (Wildman–Crippen LogP) is 2.45. The summed E-state index contributed by atoms with van der Waals surface area (Å²) in [6.45, 7) is 0.144. The Morgan fingerprint density at radius 1 is 1.24 bits per heavy atom. The molecule has 0 N–H and O–H groups in total. The Bertz CT molecular complexity index is 811. The van der Waals surface area contributed by atoms with Crippen LogP contribution in [0.1, 0.15) is 21.6 Å². The van der Waals surface area contributed by atoms with Crippen LogP contribution in [-0.2, 0) is 11.3 Å². The Morgan fingerprint density at radius 3 is 2.81 bits per heavy atom. The number of nitrogens with zero attached hydrogens (tertiary/aromatic N) is 3. The van der Waals surface area contributed by atoms with Gasteiger partial charge in [0.1, 0.15) is 11.8 Å². The summed E-state index contributed by atoms with van der Waals surface area (Å²) in [4.78, 5) is 29.6. The number of aromatic nitrogens is 1. The van der Waals surface area contributed by atoms with Gasteiger partial charge < -0.3 is 4.90 Å². The first-order valence-electron chi connectivity index (χ1n) is 6.12. The summed E-state index contributed by atoms with van der Waals surface area (Å²) in [6.07, 6.45) is 1.52. The predicted molar refractivity (Wildman–Crippen MR) is 78.6 cm³/mol. The zero-order chi connectivity index (χ0) is 15.0. The number of halogens is 1. The van der Waals surface area contributed by atoms with Gasteiger partial charge in [0.25, 0.3) is 11.7 Å². The van der Waals surface area contributed by atoms with E-state index in [1.54, 1.807) is 30.3 Å². The first-order chi connectivity index (χ1) is 10.1. The lowest BCUT2D eigenvalue weighted by Gasteiger charge is -2.17. The summed E-state index contributed by atoms with van der Waals surface area (Å²) in [7, 11) is 0. The molecule has 0 aliphatic carbocycles. The number of anilines is 1. The Balaban J connectivity index is 2.06. The molecular formula is C15H8BrN3O2. The fraction of sp³-hybridized carbons (Fsp3) is 0.0667. The molecule has 1 aromatic carbocycles. The van der Waals surface area contributed by atoms with Gasteiger partial charge in [0.05, 0.1) is 17.8 Å². The third-order valence-electron chi connectivity index (χ3n) is 3.27. The maximum atomic E-state index is 12.2. The first-order valence-corrected chi connectivity index (χ1v) is 6.91. The van der Waals surface area contributed by atoms with Crippen molar-refractivity contribution in [3.05, 3.63) is 57.8 Å². The number of benzene rings is 1. The van der Waals surface area contributed by atoms with E-state index in [0.717, 1.165) is 0 Å². The van der Waals surface area contributed by atoms with Gasteiger partial charge in [-0.15, -0.1) is 0 Å². The monoisotopic (exact) mass is 341 g/mol. The van der Waals surface area contributed by atoms with Crippen LogP contribution in [0.15, 0.2) is 41.0 Å². The van der Waals surface area contributed by atoms with E-state index in [2.05, 4.69) is 20.9 Å². The molecule has 2 heterocycles. The van der Waals surface area contributed by atoms with E-state index >= 15 is 0 Å². The summed E-state index contributed by atoms with van der Waals surface area (Å²) in [5.74, 6) is -1.13. The number of nitriles is 1. The standard InChI is InChI=1S/C15H8BrN3O2/c16-10-4-1-5-12-13(10)14(20)15(21)19(12)8-9-3-2-6-18-11(9)7-17/h1-6H,8H2. The molecule has 3 rings (SSSR count). The third-order valence-corrected chi connectivity index (χ3v) is 3.94. The molecule has 0 atom stereocenters. The van der Waals surface area contributed by atoms with E-state index in [0.29, 0.717) is 21.3 Å². The van der Waals surface area contributed by atoms with Gasteiger partial charge >= 0.3 is 0 Å². The maximum absolute atomic E-state index is 12.2. The molecule has 102 valence electrons. The lowest BCUT2D eigenvalue weighted by Crippen LogP contribution is -2.29. The van der Waals surface area contributed by atoms with Gasteiger partial charge in [-0.1, -0.05) is 12.1 Å². The van der Waals surface area contributed by atoms with Crippen molar-refractivity contribution in [1.29, 1.82) is 5.26 Å². The van der Waals surface area contributed by atoms with Crippen molar-refractivity contribution in [1.82, 2.24) is 4.98 Å². The average molecular weight is 342 g/mol. The second kappa shape index (κ2) is 5.11. The number of ketones is 1.